The van der Waals surface area contributed by atoms with E-state index in [-0.39, 0.29) is 13.1 Å². The molecule has 3 aromatic carbocycles. The Bertz CT molecular complexity index is 1110. The highest BCUT2D eigenvalue weighted by molar-refractivity contribution is 6.31. The first-order valence-electron chi connectivity index (χ1n) is 9.04. The van der Waals surface area contributed by atoms with Gasteiger partial charge in [0.15, 0.2) is 0 Å². The Hall–Kier alpha value is -3.69. The fourth-order valence-electron chi connectivity index (χ4n) is 2.84. The number of amides is 2. The molecule has 3 rings (SSSR count). The summed E-state index contributed by atoms with van der Waals surface area (Å²) in [6.07, 6.45) is 0. The lowest BCUT2D eigenvalue weighted by molar-refractivity contribution is -0.117. The van der Waals surface area contributed by atoms with Gasteiger partial charge in [-0.05, 0) is 54.1 Å². The van der Waals surface area contributed by atoms with Gasteiger partial charge in [-0.3, -0.25) is 9.59 Å². The summed E-state index contributed by atoms with van der Waals surface area (Å²) >= 11 is 6.23. The first kappa shape index (κ1) is 21.0. The number of nitrogens with one attached hydrogen (secondary N) is 1. The second kappa shape index (κ2) is 9.68. The van der Waals surface area contributed by atoms with E-state index in [2.05, 4.69) is 5.32 Å². The average Bonchev–Trinajstić information content (AvgIpc) is 2.74. The molecule has 0 saturated heterocycles. The topological polar surface area (TPSA) is 73.2 Å². The van der Waals surface area contributed by atoms with Crippen molar-refractivity contribution in [2.45, 2.75) is 6.54 Å². The van der Waals surface area contributed by atoms with Gasteiger partial charge in [0.2, 0.25) is 5.91 Å². The molecule has 0 bridgehead atoms. The molecule has 0 radical (unpaired) electrons. The molecule has 0 atom stereocenters. The van der Waals surface area contributed by atoms with Gasteiger partial charge >= 0.3 is 0 Å². The first-order chi connectivity index (χ1) is 14.5. The molecule has 0 aliphatic rings. The predicted molar refractivity (Wildman–Crippen MR) is 112 cm³/mol. The van der Waals surface area contributed by atoms with Crippen molar-refractivity contribution in [1.82, 2.24) is 4.90 Å². The molecule has 0 aliphatic carbocycles. The van der Waals surface area contributed by atoms with Gasteiger partial charge in [0.25, 0.3) is 5.91 Å². The SMILES string of the molecule is N#Cc1ccc(C(=O)N(CC(=O)Nc2cccc(F)c2)Cc2ccccc2Cl)cc1. The fourth-order valence-corrected chi connectivity index (χ4v) is 3.04. The summed E-state index contributed by atoms with van der Waals surface area (Å²) in [7, 11) is 0. The lowest BCUT2D eigenvalue weighted by Crippen LogP contribution is -2.37. The van der Waals surface area contributed by atoms with Crippen LogP contribution in [0.2, 0.25) is 5.02 Å². The highest BCUT2D eigenvalue weighted by atomic mass is 35.5. The molecule has 2 amide bonds. The third-order valence-electron chi connectivity index (χ3n) is 4.31. The van der Waals surface area contributed by atoms with E-state index >= 15 is 0 Å². The van der Waals surface area contributed by atoms with Gasteiger partial charge in [0, 0.05) is 22.8 Å². The maximum Gasteiger partial charge on any atom is 0.254 e. The molecule has 30 heavy (non-hydrogen) atoms. The third kappa shape index (κ3) is 5.43. The Morgan fingerprint density at radius 3 is 2.43 bits per heavy atom. The van der Waals surface area contributed by atoms with Gasteiger partial charge in [-0.25, -0.2) is 4.39 Å². The molecule has 0 aliphatic heterocycles. The maximum atomic E-state index is 13.4. The van der Waals surface area contributed by atoms with Crippen molar-refractivity contribution < 1.29 is 14.0 Å². The van der Waals surface area contributed by atoms with Crippen LogP contribution in [-0.2, 0) is 11.3 Å². The van der Waals surface area contributed by atoms with Gasteiger partial charge in [0.05, 0.1) is 11.6 Å². The summed E-state index contributed by atoms with van der Waals surface area (Å²) in [5.74, 6) is -1.35. The van der Waals surface area contributed by atoms with Crippen molar-refractivity contribution >= 4 is 29.1 Å². The number of halogens is 2. The first-order valence-corrected chi connectivity index (χ1v) is 9.42. The molecular weight excluding hydrogens is 405 g/mol. The smallest absolute Gasteiger partial charge is 0.254 e. The Balaban J connectivity index is 1.82. The molecule has 0 spiro atoms. The zero-order valence-electron chi connectivity index (χ0n) is 15.8. The van der Waals surface area contributed by atoms with Crippen LogP contribution in [0.4, 0.5) is 10.1 Å². The van der Waals surface area contributed by atoms with Crippen molar-refractivity contribution in [2.75, 3.05) is 11.9 Å². The highest BCUT2D eigenvalue weighted by Gasteiger charge is 2.20. The minimum Gasteiger partial charge on any atom is -0.325 e. The quantitative estimate of drug-likeness (QED) is 0.630. The van der Waals surface area contributed by atoms with Crippen LogP contribution in [0, 0.1) is 17.1 Å². The van der Waals surface area contributed by atoms with E-state index in [1.54, 1.807) is 30.3 Å². The lowest BCUT2D eigenvalue weighted by Gasteiger charge is -2.23. The second-order valence-electron chi connectivity index (χ2n) is 6.50. The van der Waals surface area contributed by atoms with Gasteiger partial charge in [-0.2, -0.15) is 5.26 Å². The second-order valence-corrected chi connectivity index (χ2v) is 6.91. The summed E-state index contributed by atoms with van der Waals surface area (Å²) in [5.41, 5.74) is 1.73. The van der Waals surface area contributed by atoms with Crippen LogP contribution in [0.1, 0.15) is 21.5 Å². The van der Waals surface area contributed by atoms with E-state index in [0.29, 0.717) is 27.4 Å². The van der Waals surface area contributed by atoms with E-state index < -0.39 is 17.6 Å². The van der Waals surface area contributed by atoms with E-state index in [4.69, 9.17) is 16.9 Å². The van der Waals surface area contributed by atoms with Gasteiger partial charge < -0.3 is 10.2 Å². The standard InChI is InChI=1S/C23H17ClFN3O2/c24-21-7-2-1-4-18(21)14-28(23(30)17-10-8-16(13-26)9-11-17)15-22(29)27-20-6-3-5-19(25)12-20/h1-12H,14-15H2,(H,27,29). The van der Waals surface area contributed by atoms with E-state index in [0.717, 1.165) is 0 Å². The monoisotopic (exact) mass is 421 g/mol. The molecule has 0 unspecified atom stereocenters. The zero-order chi connectivity index (χ0) is 21.5. The molecule has 5 nitrogen and oxygen atoms in total. The lowest BCUT2D eigenvalue weighted by atomic mass is 10.1. The number of carbonyl (C=O) groups is 2. The van der Waals surface area contributed by atoms with Crippen LogP contribution in [-0.4, -0.2) is 23.3 Å². The molecule has 0 saturated carbocycles. The van der Waals surface area contributed by atoms with Crippen LogP contribution in [0.15, 0.2) is 72.8 Å². The van der Waals surface area contributed by atoms with Gasteiger partial charge in [-0.1, -0.05) is 35.9 Å². The summed E-state index contributed by atoms with van der Waals surface area (Å²) in [4.78, 5) is 26.9. The van der Waals surface area contributed by atoms with Crippen molar-refractivity contribution in [3.8, 4) is 6.07 Å². The Morgan fingerprint density at radius 2 is 1.77 bits per heavy atom. The molecule has 1 N–H and O–H groups in total. The van der Waals surface area contributed by atoms with Crippen molar-refractivity contribution in [3.05, 3.63) is 100 Å². The molecule has 3 aromatic rings. The van der Waals surface area contributed by atoms with Crippen molar-refractivity contribution in [2.24, 2.45) is 0 Å². The number of carbonyl (C=O) groups excluding carboxylic acids is 2. The van der Waals surface area contributed by atoms with Crippen LogP contribution >= 0.6 is 11.6 Å². The van der Waals surface area contributed by atoms with Crippen molar-refractivity contribution in [1.29, 1.82) is 5.26 Å². The molecule has 0 aromatic heterocycles. The van der Waals surface area contributed by atoms with Crippen LogP contribution in [0.5, 0.6) is 0 Å². The van der Waals surface area contributed by atoms with E-state index in [1.807, 2.05) is 6.07 Å². The number of anilines is 1. The van der Waals surface area contributed by atoms with Crippen LogP contribution in [0.25, 0.3) is 0 Å². The number of hydrogen-bond acceptors (Lipinski definition) is 3. The number of rotatable bonds is 6. The maximum absolute atomic E-state index is 13.4. The van der Waals surface area contributed by atoms with Crippen LogP contribution in [0.3, 0.4) is 0 Å². The molecule has 0 fully saturated rings. The average molecular weight is 422 g/mol. The Kier molecular flexibility index (Phi) is 6.79. The number of benzene rings is 3. The third-order valence-corrected chi connectivity index (χ3v) is 4.68. The largest absolute Gasteiger partial charge is 0.325 e. The van der Waals surface area contributed by atoms with Crippen LogP contribution < -0.4 is 5.32 Å². The Labute approximate surface area is 178 Å². The normalized spacial score (nSPS) is 10.2. The predicted octanol–water partition coefficient (Wildman–Crippen LogP) is 4.63. The number of nitriles is 1. The van der Waals surface area contributed by atoms with Crippen molar-refractivity contribution in [3.63, 3.8) is 0 Å². The summed E-state index contributed by atoms with van der Waals surface area (Å²) in [5, 5.41) is 12.0. The van der Waals surface area contributed by atoms with Gasteiger partial charge in [-0.15, -0.1) is 0 Å². The minimum atomic E-state index is -0.477. The number of nitrogens with zero attached hydrogens (tertiary/aromatic N) is 2. The number of hydrogen-bond donors (Lipinski definition) is 1. The van der Waals surface area contributed by atoms with E-state index in [9.17, 15) is 14.0 Å². The van der Waals surface area contributed by atoms with E-state index in [1.165, 1.54) is 47.4 Å². The van der Waals surface area contributed by atoms with Gasteiger partial charge in [0.1, 0.15) is 12.4 Å². The summed E-state index contributed by atoms with van der Waals surface area (Å²) < 4.78 is 13.4. The highest BCUT2D eigenvalue weighted by Crippen LogP contribution is 2.19. The minimum absolute atomic E-state index is 0.106. The molecule has 150 valence electrons. The zero-order valence-corrected chi connectivity index (χ0v) is 16.6. The summed E-state index contributed by atoms with van der Waals surface area (Å²) in [6, 6.07) is 20.7. The fraction of sp³-hybridized carbons (Fsp3) is 0.0870. The molecule has 7 heteroatoms. The molecular formula is C23H17ClFN3O2. The molecule has 0 heterocycles. The summed E-state index contributed by atoms with van der Waals surface area (Å²) in [6.45, 7) is -0.157. The Morgan fingerprint density at radius 1 is 1.03 bits per heavy atom.